The highest BCUT2D eigenvalue weighted by molar-refractivity contribution is 5.73. The number of hydrogen-bond acceptors (Lipinski definition) is 6. The van der Waals surface area contributed by atoms with E-state index in [1.165, 1.54) is 18.5 Å². The number of rotatable bonds is 5. The molecule has 136 valence electrons. The number of hydrogen-bond donors (Lipinski definition) is 4. The second-order valence-corrected chi connectivity index (χ2v) is 7.38. The lowest BCUT2D eigenvalue weighted by Gasteiger charge is -2.26. The quantitative estimate of drug-likeness (QED) is 0.562. The van der Waals surface area contributed by atoms with Crippen molar-refractivity contribution in [2.75, 3.05) is 10.6 Å². The van der Waals surface area contributed by atoms with Crippen molar-refractivity contribution in [2.45, 2.75) is 56.6 Å². The normalized spacial score (nSPS) is 23.3. The Morgan fingerprint density at radius 3 is 2.81 bits per heavy atom. The van der Waals surface area contributed by atoms with Gasteiger partial charge in [-0.25, -0.2) is 4.52 Å². The van der Waals surface area contributed by atoms with Gasteiger partial charge in [-0.05, 0) is 50.7 Å². The van der Waals surface area contributed by atoms with Gasteiger partial charge in [0.15, 0.2) is 11.6 Å². The first-order valence-electron chi connectivity index (χ1n) is 9.37. The van der Waals surface area contributed by atoms with E-state index in [1.807, 2.05) is 22.8 Å². The standard InChI is InChI=1S/C18H23N7O/c26-13-7-5-12(6-8-13)19-18-21-17(15-2-1-9-25(15)24-18)20-16-10-14(22-23-16)11-3-4-11/h1-2,9-13,26H,3-8H2,(H3,19,20,21,22,23,24). The topological polar surface area (TPSA) is 103 Å². The Labute approximate surface area is 151 Å². The van der Waals surface area contributed by atoms with Crippen molar-refractivity contribution < 1.29 is 5.11 Å². The molecule has 8 nitrogen and oxygen atoms in total. The van der Waals surface area contributed by atoms with Crippen molar-refractivity contribution >= 4 is 23.1 Å². The molecule has 0 amide bonds. The lowest BCUT2D eigenvalue weighted by Crippen LogP contribution is -2.29. The molecule has 0 radical (unpaired) electrons. The van der Waals surface area contributed by atoms with Crippen LogP contribution in [0.2, 0.25) is 0 Å². The molecule has 0 aliphatic heterocycles. The SMILES string of the molecule is OC1CCC(Nc2nc(Nc3cc(C4CC4)[nH]n3)c3cccn3n2)CC1. The van der Waals surface area contributed by atoms with E-state index in [-0.39, 0.29) is 6.10 Å². The molecule has 2 aliphatic rings. The van der Waals surface area contributed by atoms with Crippen LogP contribution in [0.25, 0.3) is 5.52 Å². The summed E-state index contributed by atoms with van der Waals surface area (Å²) in [5.41, 5.74) is 2.10. The van der Waals surface area contributed by atoms with Crippen LogP contribution in [-0.2, 0) is 0 Å². The van der Waals surface area contributed by atoms with Crippen LogP contribution < -0.4 is 10.6 Å². The van der Waals surface area contributed by atoms with Gasteiger partial charge in [0.05, 0.1) is 6.10 Å². The Kier molecular flexibility index (Phi) is 3.77. The van der Waals surface area contributed by atoms with Crippen molar-refractivity contribution in [1.29, 1.82) is 0 Å². The van der Waals surface area contributed by atoms with Crippen molar-refractivity contribution in [1.82, 2.24) is 24.8 Å². The summed E-state index contributed by atoms with van der Waals surface area (Å²) in [6.07, 6.45) is 7.74. The highest BCUT2D eigenvalue weighted by Gasteiger charge is 2.26. The molecule has 3 heterocycles. The summed E-state index contributed by atoms with van der Waals surface area (Å²) in [7, 11) is 0. The molecule has 0 atom stereocenters. The van der Waals surface area contributed by atoms with Gasteiger partial charge in [0.25, 0.3) is 0 Å². The zero-order valence-corrected chi connectivity index (χ0v) is 14.5. The highest BCUT2D eigenvalue weighted by Crippen LogP contribution is 2.39. The predicted molar refractivity (Wildman–Crippen MR) is 98.7 cm³/mol. The maximum Gasteiger partial charge on any atom is 0.243 e. The van der Waals surface area contributed by atoms with Crippen LogP contribution in [0.4, 0.5) is 17.6 Å². The van der Waals surface area contributed by atoms with Crippen molar-refractivity contribution in [3.05, 3.63) is 30.1 Å². The summed E-state index contributed by atoms with van der Waals surface area (Å²) in [5, 5.41) is 28.5. The number of H-pyrrole nitrogens is 1. The fourth-order valence-electron chi connectivity index (χ4n) is 3.62. The molecule has 0 saturated heterocycles. The Bertz CT molecular complexity index is 905. The van der Waals surface area contributed by atoms with E-state index in [2.05, 4.69) is 37.0 Å². The van der Waals surface area contributed by atoms with E-state index < -0.39 is 0 Å². The van der Waals surface area contributed by atoms with Crippen LogP contribution in [0.3, 0.4) is 0 Å². The molecule has 5 rings (SSSR count). The monoisotopic (exact) mass is 353 g/mol. The molecule has 26 heavy (non-hydrogen) atoms. The fraction of sp³-hybridized carbons (Fsp3) is 0.500. The maximum absolute atomic E-state index is 9.68. The third kappa shape index (κ3) is 3.12. The number of anilines is 3. The zero-order chi connectivity index (χ0) is 17.5. The van der Waals surface area contributed by atoms with Gasteiger partial charge in [-0.1, -0.05) is 0 Å². The molecule has 8 heteroatoms. The van der Waals surface area contributed by atoms with E-state index in [0.717, 1.165) is 42.8 Å². The van der Waals surface area contributed by atoms with E-state index in [9.17, 15) is 5.11 Å². The van der Waals surface area contributed by atoms with Gasteiger partial charge in [0, 0.05) is 29.9 Å². The number of aliphatic hydroxyl groups is 1. The van der Waals surface area contributed by atoms with E-state index in [1.54, 1.807) is 0 Å². The molecule has 2 saturated carbocycles. The zero-order valence-electron chi connectivity index (χ0n) is 14.5. The lowest BCUT2D eigenvalue weighted by atomic mass is 9.93. The molecule has 0 spiro atoms. The summed E-state index contributed by atoms with van der Waals surface area (Å²) in [5.74, 6) is 2.74. The van der Waals surface area contributed by atoms with Crippen LogP contribution in [-0.4, -0.2) is 42.0 Å². The number of fused-ring (bicyclic) bond motifs is 1. The first kappa shape index (κ1) is 15.6. The average molecular weight is 353 g/mol. The van der Waals surface area contributed by atoms with Crippen molar-refractivity contribution in [3.63, 3.8) is 0 Å². The maximum atomic E-state index is 9.68. The first-order valence-corrected chi connectivity index (χ1v) is 9.37. The highest BCUT2D eigenvalue weighted by atomic mass is 16.3. The Balaban J connectivity index is 1.39. The van der Waals surface area contributed by atoms with Gasteiger partial charge < -0.3 is 15.7 Å². The van der Waals surface area contributed by atoms with E-state index >= 15 is 0 Å². The Morgan fingerprint density at radius 1 is 1.15 bits per heavy atom. The molecular formula is C18H23N7O. The molecular weight excluding hydrogens is 330 g/mol. The van der Waals surface area contributed by atoms with Crippen LogP contribution in [0.5, 0.6) is 0 Å². The first-order chi connectivity index (χ1) is 12.7. The molecule has 2 aliphatic carbocycles. The average Bonchev–Trinajstić information content (AvgIpc) is 3.19. The van der Waals surface area contributed by atoms with Gasteiger partial charge in [-0.15, -0.1) is 5.10 Å². The smallest absolute Gasteiger partial charge is 0.243 e. The minimum atomic E-state index is -0.168. The lowest BCUT2D eigenvalue weighted by molar-refractivity contribution is 0.126. The second-order valence-electron chi connectivity index (χ2n) is 7.38. The number of aliphatic hydroxyl groups excluding tert-OH is 1. The summed E-state index contributed by atoms with van der Waals surface area (Å²) >= 11 is 0. The van der Waals surface area contributed by atoms with Crippen molar-refractivity contribution in [2.24, 2.45) is 0 Å². The van der Waals surface area contributed by atoms with Crippen LogP contribution in [0, 0.1) is 0 Å². The van der Waals surface area contributed by atoms with E-state index in [0.29, 0.717) is 17.9 Å². The fourth-order valence-corrected chi connectivity index (χ4v) is 3.62. The number of nitrogens with zero attached hydrogens (tertiary/aromatic N) is 4. The Hall–Kier alpha value is -2.61. The minimum Gasteiger partial charge on any atom is -0.393 e. The van der Waals surface area contributed by atoms with Crippen LogP contribution >= 0.6 is 0 Å². The van der Waals surface area contributed by atoms with E-state index in [4.69, 9.17) is 0 Å². The summed E-state index contributed by atoms with van der Waals surface area (Å²) in [6.45, 7) is 0. The summed E-state index contributed by atoms with van der Waals surface area (Å²) in [6, 6.07) is 6.30. The number of aromatic amines is 1. The second kappa shape index (κ2) is 6.28. The van der Waals surface area contributed by atoms with Gasteiger partial charge >= 0.3 is 0 Å². The minimum absolute atomic E-state index is 0.168. The van der Waals surface area contributed by atoms with Crippen molar-refractivity contribution in [3.8, 4) is 0 Å². The third-order valence-corrected chi connectivity index (χ3v) is 5.28. The van der Waals surface area contributed by atoms with Gasteiger partial charge in [0.1, 0.15) is 5.52 Å². The van der Waals surface area contributed by atoms with Crippen LogP contribution in [0.1, 0.15) is 50.1 Å². The molecule has 3 aromatic rings. The molecule has 0 unspecified atom stereocenters. The third-order valence-electron chi connectivity index (χ3n) is 5.28. The predicted octanol–water partition coefficient (Wildman–Crippen LogP) is 2.79. The molecule has 2 fully saturated rings. The molecule has 0 aromatic carbocycles. The van der Waals surface area contributed by atoms with Gasteiger partial charge in [-0.2, -0.15) is 10.1 Å². The van der Waals surface area contributed by atoms with Gasteiger partial charge in [0.2, 0.25) is 5.95 Å². The van der Waals surface area contributed by atoms with Gasteiger partial charge in [-0.3, -0.25) is 5.10 Å². The van der Waals surface area contributed by atoms with Crippen LogP contribution in [0.15, 0.2) is 24.4 Å². The summed E-state index contributed by atoms with van der Waals surface area (Å²) < 4.78 is 1.82. The number of nitrogens with one attached hydrogen (secondary N) is 3. The largest absolute Gasteiger partial charge is 0.393 e. The molecule has 0 bridgehead atoms. The molecule has 4 N–H and O–H groups in total. The summed E-state index contributed by atoms with van der Waals surface area (Å²) in [4.78, 5) is 4.68. The Morgan fingerprint density at radius 2 is 2.00 bits per heavy atom. The molecule has 3 aromatic heterocycles. The number of aromatic nitrogens is 5.